The number of carboxylic acid groups (broad SMARTS) is 1. The number of halogens is 2. The van der Waals surface area contributed by atoms with Gasteiger partial charge in [-0.3, -0.25) is 14.4 Å². The Labute approximate surface area is 160 Å². The van der Waals surface area contributed by atoms with E-state index in [0.717, 1.165) is 5.56 Å². The van der Waals surface area contributed by atoms with Crippen molar-refractivity contribution in [1.82, 2.24) is 19.6 Å². The van der Waals surface area contributed by atoms with Crippen LogP contribution in [0.3, 0.4) is 0 Å². The molecule has 3 rings (SSSR count). The Hall–Kier alpha value is -2.45. The quantitative estimate of drug-likeness (QED) is 0.811. The summed E-state index contributed by atoms with van der Waals surface area (Å²) in [5, 5.41) is 13.4. The molecule has 1 aromatic heterocycles. The van der Waals surface area contributed by atoms with Crippen molar-refractivity contribution in [1.29, 1.82) is 0 Å². The summed E-state index contributed by atoms with van der Waals surface area (Å²) in [6.45, 7) is 3.41. The molecule has 7 nitrogen and oxygen atoms in total. The highest BCUT2D eigenvalue weighted by Crippen LogP contribution is 2.20. The molecule has 1 aromatic carbocycles. The number of hydrogen-bond donors (Lipinski definition) is 1. The van der Waals surface area contributed by atoms with Crippen LogP contribution in [0.15, 0.2) is 30.5 Å². The van der Waals surface area contributed by atoms with Crippen LogP contribution in [-0.2, 0) is 17.9 Å². The molecular formula is C18H20ClFN4O3. The lowest BCUT2D eigenvalue weighted by Gasteiger charge is -2.35. The van der Waals surface area contributed by atoms with Crippen molar-refractivity contribution in [2.45, 2.75) is 19.5 Å². The third-order valence-electron chi connectivity index (χ3n) is 4.61. The molecule has 1 saturated heterocycles. The van der Waals surface area contributed by atoms with E-state index in [0.29, 0.717) is 37.7 Å². The highest BCUT2D eigenvalue weighted by molar-refractivity contribution is 6.31. The molecule has 1 aliphatic heterocycles. The van der Waals surface area contributed by atoms with E-state index in [1.165, 1.54) is 29.1 Å². The largest absolute Gasteiger partial charge is 0.477 e. The van der Waals surface area contributed by atoms with Gasteiger partial charge in [-0.25, -0.2) is 9.18 Å². The fraction of sp³-hybridized carbons (Fsp3) is 0.389. The van der Waals surface area contributed by atoms with Gasteiger partial charge in [-0.2, -0.15) is 5.10 Å². The lowest BCUT2D eigenvalue weighted by Crippen LogP contribution is -2.48. The van der Waals surface area contributed by atoms with Gasteiger partial charge in [0.2, 0.25) is 5.91 Å². The second-order valence-corrected chi connectivity index (χ2v) is 6.79. The number of piperazine rings is 1. The predicted molar refractivity (Wildman–Crippen MR) is 97.1 cm³/mol. The molecular weight excluding hydrogens is 375 g/mol. The summed E-state index contributed by atoms with van der Waals surface area (Å²) in [5.74, 6) is -1.45. The van der Waals surface area contributed by atoms with E-state index in [2.05, 4.69) is 10.00 Å². The third-order valence-corrected chi connectivity index (χ3v) is 4.96. The Morgan fingerprint density at radius 2 is 1.93 bits per heavy atom. The molecule has 1 fully saturated rings. The third kappa shape index (κ3) is 4.84. The van der Waals surface area contributed by atoms with Crippen molar-refractivity contribution < 1.29 is 19.1 Å². The van der Waals surface area contributed by atoms with Gasteiger partial charge in [0.05, 0.1) is 6.54 Å². The van der Waals surface area contributed by atoms with Crippen molar-refractivity contribution >= 4 is 23.5 Å². The summed E-state index contributed by atoms with van der Waals surface area (Å²) in [5.41, 5.74) is 0.932. The van der Waals surface area contributed by atoms with E-state index >= 15 is 0 Å². The average Bonchev–Trinajstić information content (AvgIpc) is 3.11. The van der Waals surface area contributed by atoms with Gasteiger partial charge >= 0.3 is 5.97 Å². The topological polar surface area (TPSA) is 78.7 Å². The van der Waals surface area contributed by atoms with Crippen molar-refractivity contribution in [3.8, 4) is 0 Å². The zero-order valence-electron chi connectivity index (χ0n) is 14.6. The molecule has 2 heterocycles. The monoisotopic (exact) mass is 394 g/mol. The van der Waals surface area contributed by atoms with Gasteiger partial charge in [0.25, 0.3) is 0 Å². The van der Waals surface area contributed by atoms with E-state index in [9.17, 15) is 14.0 Å². The molecule has 1 N–H and O–H groups in total. The lowest BCUT2D eigenvalue weighted by molar-refractivity contribution is -0.133. The Balaban J connectivity index is 1.47. The molecule has 1 aliphatic rings. The Morgan fingerprint density at radius 3 is 2.59 bits per heavy atom. The van der Waals surface area contributed by atoms with Crippen molar-refractivity contribution in [3.05, 3.63) is 52.6 Å². The van der Waals surface area contributed by atoms with Crippen molar-refractivity contribution in [2.75, 3.05) is 26.2 Å². The first-order valence-electron chi connectivity index (χ1n) is 8.63. The number of hydrogen-bond acceptors (Lipinski definition) is 4. The summed E-state index contributed by atoms with van der Waals surface area (Å²) < 4.78 is 14.5. The summed E-state index contributed by atoms with van der Waals surface area (Å²) >= 11 is 6.07. The van der Waals surface area contributed by atoms with Crippen LogP contribution in [-0.4, -0.2) is 62.7 Å². The number of nitrogens with zero attached hydrogens (tertiary/aromatic N) is 4. The second-order valence-electron chi connectivity index (χ2n) is 6.39. The highest BCUT2D eigenvalue weighted by Gasteiger charge is 2.22. The van der Waals surface area contributed by atoms with E-state index in [4.69, 9.17) is 16.7 Å². The zero-order chi connectivity index (χ0) is 19.4. The normalized spacial score (nSPS) is 15.1. The van der Waals surface area contributed by atoms with Crippen LogP contribution in [0, 0.1) is 5.82 Å². The highest BCUT2D eigenvalue weighted by atomic mass is 35.5. The van der Waals surface area contributed by atoms with Gasteiger partial charge in [0.1, 0.15) is 11.5 Å². The molecule has 144 valence electrons. The summed E-state index contributed by atoms with van der Waals surface area (Å²) in [7, 11) is 0. The number of carbonyl (C=O) groups is 2. The number of carboxylic acids is 1. The van der Waals surface area contributed by atoms with Gasteiger partial charge in [0, 0.05) is 50.4 Å². The summed E-state index contributed by atoms with van der Waals surface area (Å²) in [6, 6.07) is 5.78. The minimum absolute atomic E-state index is 0.0266. The minimum atomic E-state index is -1.06. The molecule has 0 saturated carbocycles. The first kappa shape index (κ1) is 19.3. The SMILES string of the molecule is O=C(O)c1ccnn1CCC(=O)N1CCN(Cc2ccc(F)cc2Cl)CC1. The van der Waals surface area contributed by atoms with Gasteiger partial charge in [-0.1, -0.05) is 17.7 Å². The molecule has 1 amide bonds. The minimum Gasteiger partial charge on any atom is -0.477 e. The maximum Gasteiger partial charge on any atom is 0.354 e. The molecule has 0 spiro atoms. The molecule has 9 heteroatoms. The number of rotatable bonds is 6. The lowest BCUT2D eigenvalue weighted by atomic mass is 10.2. The Bertz CT molecular complexity index is 834. The van der Waals surface area contributed by atoms with Crippen LogP contribution >= 0.6 is 11.6 Å². The fourth-order valence-electron chi connectivity index (χ4n) is 3.10. The van der Waals surface area contributed by atoms with Gasteiger partial charge < -0.3 is 10.0 Å². The van der Waals surface area contributed by atoms with Crippen LogP contribution in [0.5, 0.6) is 0 Å². The van der Waals surface area contributed by atoms with E-state index in [1.54, 1.807) is 11.0 Å². The first-order chi connectivity index (χ1) is 12.9. The van der Waals surface area contributed by atoms with Crippen LogP contribution in [0.25, 0.3) is 0 Å². The second kappa shape index (κ2) is 8.49. The molecule has 0 atom stereocenters. The zero-order valence-corrected chi connectivity index (χ0v) is 15.4. The summed E-state index contributed by atoms with van der Waals surface area (Å²) in [4.78, 5) is 27.4. The molecule has 0 unspecified atom stereocenters. The van der Waals surface area contributed by atoms with Gasteiger partial charge in [0.15, 0.2) is 0 Å². The van der Waals surface area contributed by atoms with Crippen molar-refractivity contribution in [3.63, 3.8) is 0 Å². The van der Waals surface area contributed by atoms with Gasteiger partial charge in [-0.05, 0) is 23.8 Å². The smallest absolute Gasteiger partial charge is 0.354 e. The average molecular weight is 395 g/mol. The Morgan fingerprint density at radius 1 is 1.19 bits per heavy atom. The maximum absolute atomic E-state index is 13.1. The standard InChI is InChI=1S/C18H20ClFN4O3/c19-15-11-14(20)2-1-13(15)12-22-7-9-23(10-8-22)17(25)4-6-24-16(18(26)27)3-5-21-24/h1-3,5,11H,4,6-10,12H2,(H,26,27). The number of carbonyl (C=O) groups excluding carboxylic acids is 1. The predicted octanol–water partition coefficient (Wildman–Crippen LogP) is 2.11. The number of aryl methyl sites for hydroxylation is 1. The van der Waals surface area contributed by atoms with Crippen LogP contribution < -0.4 is 0 Å². The first-order valence-corrected chi connectivity index (χ1v) is 9.01. The molecule has 0 bridgehead atoms. The van der Waals surface area contributed by atoms with E-state index < -0.39 is 5.97 Å². The van der Waals surface area contributed by atoms with Crippen LogP contribution in [0.2, 0.25) is 5.02 Å². The van der Waals surface area contributed by atoms with E-state index in [-0.39, 0.29) is 30.4 Å². The number of aromatic nitrogens is 2. The van der Waals surface area contributed by atoms with E-state index in [1.807, 2.05) is 0 Å². The van der Waals surface area contributed by atoms with Crippen LogP contribution in [0.4, 0.5) is 4.39 Å². The summed E-state index contributed by atoms with van der Waals surface area (Å²) in [6.07, 6.45) is 1.61. The molecule has 0 radical (unpaired) electrons. The maximum atomic E-state index is 13.1. The van der Waals surface area contributed by atoms with Crippen molar-refractivity contribution in [2.24, 2.45) is 0 Å². The number of benzene rings is 1. The molecule has 2 aromatic rings. The van der Waals surface area contributed by atoms with Crippen LogP contribution in [0.1, 0.15) is 22.5 Å². The fourth-order valence-corrected chi connectivity index (χ4v) is 3.33. The van der Waals surface area contributed by atoms with Gasteiger partial charge in [-0.15, -0.1) is 0 Å². The molecule has 0 aliphatic carbocycles. The number of amides is 1. The molecule has 27 heavy (non-hydrogen) atoms. The Kier molecular flexibility index (Phi) is 6.08. The number of aromatic carboxylic acids is 1.